The lowest BCUT2D eigenvalue weighted by Gasteiger charge is -2.33. The largest absolute Gasteiger partial charge is 0.489 e. The van der Waals surface area contributed by atoms with Crippen LogP contribution in [0.2, 0.25) is 0 Å². The summed E-state index contributed by atoms with van der Waals surface area (Å²) in [5.41, 5.74) is 3.06. The first kappa shape index (κ1) is 24.0. The molecule has 0 spiro atoms. The molecule has 0 amide bonds. The molecule has 5 nitrogen and oxygen atoms in total. The molecule has 0 N–H and O–H groups in total. The average molecular weight is 537 g/mol. The van der Waals surface area contributed by atoms with Crippen LogP contribution >= 0.6 is 22.6 Å². The van der Waals surface area contributed by atoms with Gasteiger partial charge in [-0.25, -0.2) is 0 Å². The molecule has 1 aliphatic heterocycles. The standard InChI is InChI=1S/C25H32INO4/c1-18-15-20(30-17-19-7-5-6-8-22(19)26)9-10-21(18)23-16-27(13-14-29-23)12-11-24(28)31-25(2,3)4/h5-10,15,23H,11-14,16-17H2,1-4H3. The number of nitrogens with zero attached hydrogens (tertiary/aromatic N) is 1. The maximum absolute atomic E-state index is 12.0. The Balaban J connectivity index is 1.55. The zero-order valence-corrected chi connectivity index (χ0v) is 21.0. The normalized spacial score (nSPS) is 17.4. The van der Waals surface area contributed by atoms with Crippen LogP contribution in [-0.2, 0) is 20.9 Å². The Kier molecular flexibility index (Phi) is 8.36. The zero-order chi connectivity index (χ0) is 22.4. The molecule has 0 aliphatic carbocycles. The van der Waals surface area contributed by atoms with Crippen molar-refractivity contribution in [3.63, 3.8) is 0 Å². The lowest BCUT2D eigenvalue weighted by molar-refractivity contribution is -0.155. The molecule has 0 radical (unpaired) electrons. The molecule has 0 bridgehead atoms. The molecular weight excluding hydrogens is 505 g/mol. The van der Waals surface area contributed by atoms with Crippen molar-refractivity contribution in [2.75, 3.05) is 26.2 Å². The first-order valence-corrected chi connectivity index (χ1v) is 11.8. The minimum Gasteiger partial charge on any atom is -0.489 e. The summed E-state index contributed by atoms with van der Waals surface area (Å²) in [5.74, 6) is 0.708. The summed E-state index contributed by atoms with van der Waals surface area (Å²) in [6.45, 7) is 11.3. The Hall–Kier alpha value is -1.64. The number of rotatable bonds is 7. The second-order valence-electron chi connectivity index (χ2n) is 8.89. The number of esters is 1. The van der Waals surface area contributed by atoms with Gasteiger partial charge in [0.05, 0.1) is 19.1 Å². The monoisotopic (exact) mass is 537 g/mol. The van der Waals surface area contributed by atoms with E-state index in [2.05, 4.69) is 58.7 Å². The third-order valence-electron chi connectivity index (χ3n) is 5.14. The fourth-order valence-corrected chi connectivity index (χ4v) is 4.15. The molecule has 31 heavy (non-hydrogen) atoms. The number of carbonyl (C=O) groups excluding carboxylic acids is 1. The lowest BCUT2D eigenvalue weighted by atomic mass is 10.0. The van der Waals surface area contributed by atoms with E-state index in [-0.39, 0.29) is 12.1 Å². The SMILES string of the molecule is Cc1cc(OCc2ccccc2I)ccc1C1CN(CCC(=O)OC(C)(C)C)CCO1. The molecule has 1 saturated heterocycles. The van der Waals surface area contributed by atoms with E-state index in [1.165, 1.54) is 14.7 Å². The number of carbonyl (C=O) groups is 1. The summed E-state index contributed by atoms with van der Waals surface area (Å²) >= 11 is 2.33. The van der Waals surface area contributed by atoms with E-state index in [4.69, 9.17) is 14.2 Å². The maximum Gasteiger partial charge on any atom is 0.307 e. The highest BCUT2D eigenvalue weighted by molar-refractivity contribution is 14.1. The number of hydrogen-bond donors (Lipinski definition) is 0. The van der Waals surface area contributed by atoms with Crippen molar-refractivity contribution in [2.24, 2.45) is 0 Å². The highest BCUT2D eigenvalue weighted by atomic mass is 127. The van der Waals surface area contributed by atoms with Gasteiger partial charge in [-0.15, -0.1) is 0 Å². The van der Waals surface area contributed by atoms with Gasteiger partial charge in [-0.2, -0.15) is 0 Å². The number of ether oxygens (including phenoxy) is 3. The molecule has 6 heteroatoms. The van der Waals surface area contributed by atoms with Crippen molar-refractivity contribution >= 4 is 28.6 Å². The number of halogens is 1. The highest BCUT2D eigenvalue weighted by Crippen LogP contribution is 2.28. The van der Waals surface area contributed by atoms with E-state index in [1.54, 1.807) is 0 Å². The number of benzene rings is 2. The Labute approximate surface area is 199 Å². The topological polar surface area (TPSA) is 48.0 Å². The minimum absolute atomic E-state index is 0.00323. The minimum atomic E-state index is -0.440. The summed E-state index contributed by atoms with van der Waals surface area (Å²) in [4.78, 5) is 14.3. The molecule has 2 aromatic carbocycles. The van der Waals surface area contributed by atoms with Gasteiger partial charge in [0, 0.05) is 28.8 Å². The van der Waals surface area contributed by atoms with Crippen LogP contribution in [0.25, 0.3) is 0 Å². The van der Waals surface area contributed by atoms with E-state index >= 15 is 0 Å². The average Bonchev–Trinajstić information content (AvgIpc) is 2.71. The third kappa shape index (κ3) is 7.47. The first-order valence-electron chi connectivity index (χ1n) is 10.7. The van der Waals surface area contributed by atoms with Crippen molar-refractivity contribution in [3.05, 3.63) is 62.7 Å². The maximum atomic E-state index is 12.0. The van der Waals surface area contributed by atoms with Crippen molar-refractivity contribution in [1.82, 2.24) is 4.90 Å². The van der Waals surface area contributed by atoms with Gasteiger partial charge in [0.2, 0.25) is 0 Å². The molecular formula is C25H32INO4. The van der Waals surface area contributed by atoms with Crippen LogP contribution < -0.4 is 4.74 Å². The zero-order valence-electron chi connectivity index (χ0n) is 18.8. The van der Waals surface area contributed by atoms with Gasteiger partial charge in [-0.3, -0.25) is 9.69 Å². The van der Waals surface area contributed by atoms with E-state index in [1.807, 2.05) is 39.0 Å². The van der Waals surface area contributed by atoms with E-state index in [9.17, 15) is 4.79 Å². The van der Waals surface area contributed by atoms with Gasteiger partial charge in [-0.05, 0) is 79.6 Å². The van der Waals surface area contributed by atoms with E-state index in [0.29, 0.717) is 26.2 Å². The number of morpholine rings is 1. The lowest BCUT2D eigenvalue weighted by Crippen LogP contribution is -2.40. The van der Waals surface area contributed by atoms with Crippen LogP contribution in [-0.4, -0.2) is 42.7 Å². The number of hydrogen-bond acceptors (Lipinski definition) is 5. The van der Waals surface area contributed by atoms with Gasteiger partial charge in [0.15, 0.2) is 0 Å². The second kappa shape index (κ2) is 10.8. The first-order chi connectivity index (χ1) is 14.7. The van der Waals surface area contributed by atoms with Crippen LogP contribution in [0, 0.1) is 10.5 Å². The summed E-state index contributed by atoms with van der Waals surface area (Å²) < 4.78 is 18.7. The van der Waals surface area contributed by atoms with Gasteiger partial charge < -0.3 is 14.2 Å². The summed E-state index contributed by atoms with van der Waals surface area (Å²) in [5, 5.41) is 0. The predicted molar refractivity (Wildman–Crippen MR) is 130 cm³/mol. The Bertz CT molecular complexity index is 893. The molecule has 0 saturated carbocycles. The molecule has 1 unspecified atom stereocenters. The van der Waals surface area contributed by atoms with Crippen LogP contribution in [0.1, 0.15) is 50.0 Å². The van der Waals surface area contributed by atoms with Gasteiger partial charge in [0.25, 0.3) is 0 Å². The fourth-order valence-electron chi connectivity index (χ4n) is 3.61. The smallest absolute Gasteiger partial charge is 0.307 e. The van der Waals surface area contributed by atoms with Crippen LogP contribution in [0.5, 0.6) is 5.75 Å². The van der Waals surface area contributed by atoms with Gasteiger partial charge >= 0.3 is 5.97 Å². The van der Waals surface area contributed by atoms with Gasteiger partial charge in [-0.1, -0.05) is 24.3 Å². The van der Waals surface area contributed by atoms with Crippen LogP contribution in [0.4, 0.5) is 0 Å². The fraction of sp³-hybridized carbons (Fsp3) is 0.480. The van der Waals surface area contributed by atoms with Crippen molar-refractivity contribution in [2.45, 2.75) is 52.4 Å². The molecule has 168 valence electrons. The molecule has 1 aliphatic rings. The Morgan fingerprint density at radius 3 is 2.71 bits per heavy atom. The molecule has 1 atom stereocenters. The van der Waals surface area contributed by atoms with Gasteiger partial charge in [0.1, 0.15) is 18.0 Å². The summed E-state index contributed by atoms with van der Waals surface area (Å²) in [7, 11) is 0. The molecule has 3 rings (SSSR count). The van der Waals surface area contributed by atoms with Crippen molar-refractivity contribution in [1.29, 1.82) is 0 Å². The highest BCUT2D eigenvalue weighted by Gasteiger charge is 2.24. The Morgan fingerprint density at radius 1 is 1.23 bits per heavy atom. The van der Waals surface area contributed by atoms with Crippen LogP contribution in [0.15, 0.2) is 42.5 Å². The van der Waals surface area contributed by atoms with Crippen molar-refractivity contribution < 1.29 is 19.0 Å². The van der Waals surface area contributed by atoms with E-state index in [0.717, 1.165) is 24.4 Å². The Morgan fingerprint density at radius 2 is 2.00 bits per heavy atom. The molecule has 0 aromatic heterocycles. The van der Waals surface area contributed by atoms with Crippen molar-refractivity contribution in [3.8, 4) is 5.75 Å². The predicted octanol–water partition coefficient (Wildman–Crippen LogP) is 5.28. The molecule has 1 heterocycles. The van der Waals surface area contributed by atoms with Crippen LogP contribution in [0.3, 0.4) is 0 Å². The molecule has 1 fully saturated rings. The second-order valence-corrected chi connectivity index (χ2v) is 10.1. The quantitative estimate of drug-likeness (QED) is 0.355. The summed E-state index contributed by atoms with van der Waals surface area (Å²) in [6.07, 6.45) is 0.394. The third-order valence-corrected chi connectivity index (χ3v) is 6.20. The molecule has 2 aromatic rings. The number of aryl methyl sites for hydroxylation is 1. The van der Waals surface area contributed by atoms with E-state index < -0.39 is 5.60 Å². The summed E-state index contributed by atoms with van der Waals surface area (Å²) in [6, 6.07) is 14.4.